The van der Waals surface area contributed by atoms with Crippen molar-refractivity contribution in [3.05, 3.63) is 85.0 Å². The zero-order chi connectivity index (χ0) is 29.5. The number of fused-ring (bicyclic) bond motifs is 2. The molecule has 1 aliphatic heterocycles. The summed E-state index contributed by atoms with van der Waals surface area (Å²) >= 11 is 1.44. The van der Waals surface area contributed by atoms with Gasteiger partial charge in [0, 0.05) is 41.5 Å². The molecule has 0 saturated heterocycles. The van der Waals surface area contributed by atoms with Gasteiger partial charge in [-0.15, -0.1) is 11.3 Å². The zero-order valence-corrected chi connectivity index (χ0v) is 23.5. The molecule has 0 aliphatic carbocycles. The lowest BCUT2D eigenvalue weighted by atomic mass is 10.0. The van der Waals surface area contributed by atoms with Crippen LogP contribution in [0, 0.1) is 0 Å². The van der Waals surface area contributed by atoms with Crippen LogP contribution < -0.4 is 0 Å². The van der Waals surface area contributed by atoms with Crippen molar-refractivity contribution in [2.24, 2.45) is 7.05 Å². The number of allylic oxidation sites excluding steroid dienone is 2. The van der Waals surface area contributed by atoms with E-state index in [0.29, 0.717) is 48.0 Å². The van der Waals surface area contributed by atoms with Crippen LogP contribution in [0.5, 0.6) is 0 Å². The smallest absolute Gasteiger partial charge is 0.246 e. The first-order valence-corrected chi connectivity index (χ1v) is 13.6. The minimum Gasteiger partial charge on any atom is -0.499 e. The van der Waals surface area contributed by atoms with E-state index in [2.05, 4.69) is 22.9 Å². The molecular formula is C29H30F2N6O3S. The number of hydrogen-bond donors (Lipinski definition) is 1. The lowest BCUT2D eigenvalue weighted by molar-refractivity contribution is -0.129. The summed E-state index contributed by atoms with van der Waals surface area (Å²) in [7, 11) is 1.87. The van der Waals surface area contributed by atoms with E-state index >= 15 is 0 Å². The third kappa shape index (κ3) is 6.34. The van der Waals surface area contributed by atoms with Gasteiger partial charge in [0.05, 0.1) is 49.5 Å². The quantitative estimate of drug-likeness (QED) is 0.126. The van der Waals surface area contributed by atoms with E-state index in [1.165, 1.54) is 29.8 Å². The van der Waals surface area contributed by atoms with E-state index in [-0.39, 0.29) is 24.9 Å². The number of halogens is 2. The standard InChI is InChI=1S/C25H22F2N6OS.C4H8O2/c1-4-22(34)32-8-9-33-21(15(32)2)12-19(30-33)24-18(11-16(27)5-7-26)25-17(6-10-35-25)23(29-24)20-13-31(3)14-28-20;1-2-6-4-3-5/h4-7,10-15H,1,8-9H2,2-3H3;2,5H,1,3-4H2/b7-5+,16-11?;. The number of nitrogens with zero attached hydrogens (tertiary/aromatic N) is 6. The van der Waals surface area contributed by atoms with E-state index in [0.717, 1.165) is 21.9 Å². The van der Waals surface area contributed by atoms with Crippen molar-refractivity contribution in [2.45, 2.75) is 19.5 Å². The van der Waals surface area contributed by atoms with Gasteiger partial charge in [-0.05, 0) is 36.6 Å². The number of thiophene rings is 1. The van der Waals surface area contributed by atoms with Crippen molar-refractivity contribution in [1.82, 2.24) is 29.2 Å². The summed E-state index contributed by atoms with van der Waals surface area (Å²) in [5.74, 6) is -0.887. The van der Waals surface area contributed by atoms with Gasteiger partial charge in [0.2, 0.25) is 5.91 Å². The van der Waals surface area contributed by atoms with Crippen molar-refractivity contribution < 1.29 is 23.4 Å². The number of aliphatic hydroxyl groups is 1. The first kappa shape index (κ1) is 29.6. The highest BCUT2D eigenvalue weighted by atomic mass is 32.1. The Morgan fingerprint density at radius 2 is 2.10 bits per heavy atom. The van der Waals surface area contributed by atoms with Gasteiger partial charge >= 0.3 is 0 Å². The lowest BCUT2D eigenvalue weighted by Crippen LogP contribution is -2.40. The van der Waals surface area contributed by atoms with E-state index in [1.54, 1.807) is 11.2 Å². The number of carbonyl (C=O) groups excluding carboxylic acids is 1. The Labute approximate surface area is 240 Å². The molecule has 0 fully saturated rings. The average Bonchev–Trinajstić information content (AvgIpc) is 3.72. The molecule has 0 spiro atoms. The molecule has 12 heteroatoms. The normalized spacial score (nSPS) is 15.0. The number of aromatic nitrogens is 5. The monoisotopic (exact) mass is 580 g/mol. The second kappa shape index (κ2) is 13.3. The topological polar surface area (TPSA) is 98.3 Å². The third-order valence-corrected chi connectivity index (χ3v) is 7.33. The lowest BCUT2D eigenvalue weighted by Gasteiger charge is -2.33. The Morgan fingerprint density at radius 1 is 1.29 bits per heavy atom. The summed E-state index contributed by atoms with van der Waals surface area (Å²) in [6.07, 6.45) is 8.36. The van der Waals surface area contributed by atoms with Crippen LogP contribution in [0.3, 0.4) is 0 Å². The van der Waals surface area contributed by atoms with Gasteiger partial charge in [-0.2, -0.15) is 5.10 Å². The van der Waals surface area contributed by atoms with Gasteiger partial charge in [-0.1, -0.05) is 13.2 Å². The largest absolute Gasteiger partial charge is 0.499 e. The number of carbonyl (C=O) groups is 1. The van der Waals surface area contributed by atoms with Crippen molar-refractivity contribution in [3.63, 3.8) is 0 Å². The van der Waals surface area contributed by atoms with Gasteiger partial charge in [0.15, 0.2) is 0 Å². The second-order valence-corrected chi connectivity index (χ2v) is 9.90. The fraction of sp³-hybridized carbons (Fsp3) is 0.241. The molecule has 214 valence electrons. The van der Waals surface area contributed by atoms with Crippen LogP contribution in [0.15, 0.2) is 73.8 Å². The highest BCUT2D eigenvalue weighted by Crippen LogP contribution is 2.39. The molecule has 4 aromatic rings. The van der Waals surface area contributed by atoms with Crippen LogP contribution >= 0.6 is 11.3 Å². The highest BCUT2D eigenvalue weighted by molar-refractivity contribution is 7.17. The Balaban J connectivity index is 0.000000585. The first-order valence-electron chi connectivity index (χ1n) is 12.7. The first-order chi connectivity index (χ1) is 19.8. The molecule has 0 saturated carbocycles. The molecule has 41 heavy (non-hydrogen) atoms. The minimum absolute atomic E-state index is 0.0615. The molecule has 9 nitrogen and oxygen atoms in total. The number of aryl methyl sites for hydroxylation is 1. The predicted molar refractivity (Wildman–Crippen MR) is 156 cm³/mol. The van der Waals surface area contributed by atoms with Crippen LogP contribution in [0.4, 0.5) is 8.78 Å². The van der Waals surface area contributed by atoms with E-state index in [4.69, 9.17) is 15.2 Å². The van der Waals surface area contributed by atoms with Crippen LogP contribution in [0.1, 0.15) is 24.2 Å². The molecule has 1 amide bonds. The molecular weight excluding hydrogens is 550 g/mol. The Morgan fingerprint density at radius 3 is 2.73 bits per heavy atom. The number of hydrogen-bond acceptors (Lipinski definition) is 7. The summed E-state index contributed by atoms with van der Waals surface area (Å²) in [6.45, 7) is 10.2. The predicted octanol–water partition coefficient (Wildman–Crippen LogP) is 5.58. The van der Waals surface area contributed by atoms with Crippen LogP contribution in [0.25, 0.3) is 38.9 Å². The molecule has 0 bridgehead atoms. The molecule has 0 radical (unpaired) electrons. The van der Waals surface area contributed by atoms with Gasteiger partial charge in [-0.3, -0.25) is 9.48 Å². The average molecular weight is 581 g/mol. The van der Waals surface area contributed by atoms with Crippen LogP contribution in [0.2, 0.25) is 0 Å². The van der Waals surface area contributed by atoms with Crippen molar-refractivity contribution in [3.8, 4) is 22.8 Å². The second-order valence-electron chi connectivity index (χ2n) is 8.98. The van der Waals surface area contributed by atoms with E-state index in [1.807, 2.05) is 46.9 Å². The van der Waals surface area contributed by atoms with E-state index < -0.39 is 5.83 Å². The summed E-state index contributed by atoms with van der Waals surface area (Å²) in [4.78, 5) is 23.4. The Bertz CT molecular complexity index is 1620. The molecule has 5 heterocycles. The molecule has 5 rings (SSSR count). The highest BCUT2D eigenvalue weighted by Gasteiger charge is 2.29. The summed E-state index contributed by atoms with van der Waals surface area (Å²) in [6, 6.07) is 3.57. The SMILES string of the molecule is C=CC(=O)N1CCn2nc(-c3nc(-c4cn(C)cn4)c4ccsc4c3C=C(F)/C=C/F)cc2C1C.C=COCCO. The molecule has 1 N–H and O–H groups in total. The summed E-state index contributed by atoms with van der Waals surface area (Å²) in [5, 5.41) is 15.5. The van der Waals surface area contributed by atoms with Crippen LogP contribution in [-0.2, 0) is 23.1 Å². The molecule has 1 aliphatic rings. The summed E-state index contributed by atoms with van der Waals surface area (Å²) in [5.41, 5.74) is 3.67. The molecule has 4 aromatic heterocycles. The Hall–Kier alpha value is -4.42. The zero-order valence-electron chi connectivity index (χ0n) is 22.7. The molecule has 0 aromatic carbocycles. The third-order valence-electron chi connectivity index (χ3n) is 6.38. The number of amides is 1. The fourth-order valence-electron chi connectivity index (χ4n) is 4.52. The number of ether oxygens (including phenoxy) is 1. The maximum absolute atomic E-state index is 14.5. The summed E-state index contributed by atoms with van der Waals surface area (Å²) < 4.78 is 36.2. The Kier molecular flexibility index (Phi) is 9.58. The van der Waals surface area contributed by atoms with Gasteiger partial charge in [0.25, 0.3) is 0 Å². The van der Waals surface area contributed by atoms with Crippen molar-refractivity contribution >= 4 is 33.4 Å². The number of pyridine rings is 1. The maximum Gasteiger partial charge on any atom is 0.246 e. The van der Waals surface area contributed by atoms with Crippen molar-refractivity contribution in [2.75, 3.05) is 19.8 Å². The van der Waals surface area contributed by atoms with Gasteiger partial charge in [0.1, 0.15) is 29.5 Å². The number of imidazole rings is 1. The van der Waals surface area contributed by atoms with Gasteiger partial charge in [-0.25, -0.2) is 18.7 Å². The maximum atomic E-state index is 14.5. The fourth-order valence-corrected chi connectivity index (χ4v) is 5.44. The number of rotatable bonds is 8. The van der Waals surface area contributed by atoms with Gasteiger partial charge < -0.3 is 19.3 Å². The van der Waals surface area contributed by atoms with E-state index in [9.17, 15) is 13.6 Å². The van der Waals surface area contributed by atoms with Crippen molar-refractivity contribution in [1.29, 1.82) is 0 Å². The minimum atomic E-state index is -0.740. The van der Waals surface area contributed by atoms with Crippen LogP contribution in [-0.4, -0.2) is 60.0 Å². The molecule has 1 atom stereocenters. The number of aliphatic hydroxyl groups excluding tert-OH is 1. The molecule has 1 unspecified atom stereocenters.